The quantitative estimate of drug-likeness (QED) is 0.573. The average Bonchev–Trinajstić information content (AvgIpc) is 2.96. The number of benzene rings is 1. The van der Waals surface area contributed by atoms with Crippen molar-refractivity contribution < 1.29 is 9.47 Å². The van der Waals surface area contributed by atoms with E-state index in [0.717, 1.165) is 41.4 Å². The number of aromatic nitrogens is 2. The molecular weight excluding hydrogens is 270 g/mol. The maximum absolute atomic E-state index is 5.51. The lowest BCUT2D eigenvalue weighted by atomic mass is 10.1. The van der Waals surface area contributed by atoms with Gasteiger partial charge in [-0.1, -0.05) is 13.3 Å². The largest absolute Gasteiger partial charge is 0.454 e. The number of nitrogen functional groups attached to an aromatic ring is 1. The molecule has 0 bridgehead atoms. The van der Waals surface area contributed by atoms with Crippen molar-refractivity contribution >= 4 is 17.3 Å². The molecule has 1 aromatic carbocycles. The van der Waals surface area contributed by atoms with Gasteiger partial charge in [0.15, 0.2) is 11.5 Å². The smallest absolute Gasteiger partial charge is 0.231 e. The number of fused-ring (bicyclic) bond motifs is 1. The number of hydrogen-bond donors (Lipinski definition) is 3. The molecule has 3 rings (SSSR count). The predicted octanol–water partition coefficient (Wildman–Crippen LogP) is 2.19. The summed E-state index contributed by atoms with van der Waals surface area (Å²) < 4.78 is 10.7. The summed E-state index contributed by atoms with van der Waals surface area (Å²) in [7, 11) is 0. The van der Waals surface area contributed by atoms with Crippen molar-refractivity contribution in [2.75, 3.05) is 17.5 Å². The summed E-state index contributed by atoms with van der Waals surface area (Å²) in [5.41, 5.74) is 4.44. The van der Waals surface area contributed by atoms with Crippen LogP contribution in [0.2, 0.25) is 0 Å². The number of nitrogens with zero attached hydrogens (tertiary/aromatic N) is 2. The van der Waals surface area contributed by atoms with Crippen LogP contribution in [0.1, 0.15) is 18.9 Å². The Morgan fingerprint density at radius 3 is 2.81 bits per heavy atom. The van der Waals surface area contributed by atoms with Gasteiger partial charge in [-0.05, 0) is 18.6 Å². The van der Waals surface area contributed by atoms with Crippen LogP contribution < -0.4 is 26.1 Å². The molecular formula is C14H17N5O2. The molecule has 0 radical (unpaired) electrons. The minimum Gasteiger partial charge on any atom is -0.454 e. The molecule has 0 fully saturated rings. The van der Waals surface area contributed by atoms with Crippen molar-refractivity contribution in [2.45, 2.75) is 19.8 Å². The second kappa shape index (κ2) is 5.84. The van der Waals surface area contributed by atoms with Gasteiger partial charge in [0.05, 0.1) is 0 Å². The average molecular weight is 287 g/mol. The number of anilines is 3. The molecule has 0 saturated heterocycles. The van der Waals surface area contributed by atoms with Crippen LogP contribution in [0.4, 0.5) is 17.3 Å². The summed E-state index contributed by atoms with van der Waals surface area (Å²) in [5.74, 6) is 8.36. The van der Waals surface area contributed by atoms with Crippen LogP contribution in [0.5, 0.6) is 11.5 Å². The fourth-order valence-corrected chi connectivity index (χ4v) is 2.24. The molecule has 1 aliphatic heterocycles. The van der Waals surface area contributed by atoms with Crippen LogP contribution in [-0.2, 0) is 6.42 Å². The molecule has 110 valence electrons. The van der Waals surface area contributed by atoms with Crippen molar-refractivity contribution in [3.8, 4) is 11.5 Å². The third kappa shape index (κ3) is 2.68. The first-order chi connectivity index (χ1) is 10.3. The van der Waals surface area contributed by atoms with Gasteiger partial charge in [0.1, 0.15) is 18.0 Å². The van der Waals surface area contributed by atoms with E-state index in [1.165, 1.54) is 6.33 Å². The SMILES string of the molecule is CCCc1c(NN)ncnc1Nc1ccc2c(c1)OCO2. The van der Waals surface area contributed by atoms with E-state index in [4.69, 9.17) is 15.3 Å². The van der Waals surface area contributed by atoms with Crippen LogP contribution in [0.3, 0.4) is 0 Å². The number of ether oxygens (including phenoxy) is 2. The van der Waals surface area contributed by atoms with Gasteiger partial charge < -0.3 is 20.2 Å². The molecule has 7 heteroatoms. The van der Waals surface area contributed by atoms with Gasteiger partial charge in [0, 0.05) is 17.3 Å². The van der Waals surface area contributed by atoms with Crippen LogP contribution >= 0.6 is 0 Å². The Balaban J connectivity index is 1.90. The topological polar surface area (TPSA) is 94.3 Å². The zero-order chi connectivity index (χ0) is 14.7. The van der Waals surface area contributed by atoms with Gasteiger partial charge in [-0.15, -0.1) is 0 Å². The van der Waals surface area contributed by atoms with Crippen molar-refractivity contribution in [3.63, 3.8) is 0 Å². The summed E-state index contributed by atoms with van der Waals surface area (Å²) in [6.45, 7) is 2.35. The molecule has 2 heterocycles. The highest BCUT2D eigenvalue weighted by atomic mass is 16.7. The number of nitrogens with one attached hydrogen (secondary N) is 2. The minimum atomic E-state index is 0.259. The third-order valence-electron chi connectivity index (χ3n) is 3.22. The molecule has 0 amide bonds. The lowest BCUT2D eigenvalue weighted by Gasteiger charge is -2.13. The van der Waals surface area contributed by atoms with Gasteiger partial charge in [0.2, 0.25) is 6.79 Å². The predicted molar refractivity (Wildman–Crippen MR) is 79.7 cm³/mol. The second-order valence-corrected chi connectivity index (χ2v) is 4.64. The van der Waals surface area contributed by atoms with E-state index in [-0.39, 0.29) is 6.79 Å². The fourth-order valence-electron chi connectivity index (χ4n) is 2.24. The molecule has 0 unspecified atom stereocenters. The number of rotatable bonds is 5. The lowest BCUT2D eigenvalue weighted by molar-refractivity contribution is 0.174. The molecule has 0 aliphatic carbocycles. The minimum absolute atomic E-state index is 0.259. The first-order valence-electron chi connectivity index (χ1n) is 6.79. The Kier molecular flexibility index (Phi) is 3.74. The standard InChI is InChI=1S/C14H17N5O2/c1-2-3-10-13(16-7-17-14(10)19-15)18-9-4-5-11-12(6-9)21-8-20-11/h4-7H,2-3,8,15H2,1H3,(H2,16,17,18,19). The van der Waals surface area contributed by atoms with Gasteiger partial charge in [0.25, 0.3) is 0 Å². The Morgan fingerprint density at radius 2 is 2.00 bits per heavy atom. The van der Waals surface area contributed by atoms with Gasteiger partial charge in [-0.3, -0.25) is 0 Å². The van der Waals surface area contributed by atoms with Crippen LogP contribution in [-0.4, -0.2) is 16.8 Å². The highest BCUT2D eigenvalue weighted by Gasteiger charge is 2.15. The van der Waals surface area contributed by atoms with Crippen LogP contribution in [0, 0.1) is 0 Å². The van der Waals surface area contributed by atoms with Crippen LogP contribution in [0.25, 0.3) is 0 Å². The van der Waals surface area contributed by atoms with Crippen molar-refractivity contribution in [1.29, 1.82) is 0 Å². The molecule has 0 saturated carbocycles. The molecule has 1 aromatic heterocycles. The summed E-state index contributed by atoms with van der Waals surface area (Å²) in [4.78, 5) is 8.45. The van der Waals surface area contributed by atoms with E-state index in [1.807, 2.05) is 18.2 Å². The molecule has 4 N–H and O–H groups in total. The van der Waals surface area contributed by atoms with Gasteiger partial charge >= 0.3 is 0 Å². The maximum Gasteiger partial charge on any atom is 0.231 e. The first kappa shape index (κ1) is 13.4. The second-order valence-electron chi connectivity index (χ2n) is 4.64. The lowest BCUT2D eigenvalue weighted by Crippen LogP contribution is -2.13. The maximum atomic E-state index is 5.51. The normalized spacial score (nSPS) is 12.3. The molecule has 1 aliphatic rings. The summed E-state index contributed by atoms with van der Waals surface area (Å²) in [6.07, 6.45) is 3.27. The highest BCUT2D eigenvalue weighted by Crippen LogP contribution is 2.35. The van der Waals surface area contributed by atoms with E-state index < -0.39 is 0 Å². The first-order valence-corrected chi connectivity index (χ1v) is 6.79. The van der Waals surface area contributed by atoms with E-state index in [9.17, 15) is 0 Å². The summed E-state index contributed by atoms with van der Waals surface area (Å²) in [6, 6.07) is 5.67. The Hall–Kier alpha value is -2.54. The number of nitrogens with two attached hydrogens (primary N) is 1. The zero-order valence-electron chi connectivity index (χ0n) is 11.7. The highest BCUT2D eigenvalue weighted by molar-refractivity contribution is 5.67. The monoisotopic (exact) mass is 287 g/mol. The molecule has 0 atom stereocenters. The Bertz CT molecular complexity index is 647. The van der Waals surface area contributed by atoms with E-state index in [0.29, 0.717) is 5.82 Å². The zero-order valence-corrected chi connectivity index (χ0v) is 11.7. The number of hydrazine groups is 1. The fraction of sp³-hybridized carbons (Fsp3) is 0.286. The molecule has 0 spiro atoms. The summed E-state index contributed by atoms with van der Waals surface area (Å²) >= 11 is 0. The van der Waals surface area contributed by atoms with Gasteiger partial charge in [-0.25, -0.2) is 15.8 Å². The summed E-state index contributed by atoms with van der Waals surface area (Å²) in [5, 5.41) is 3.28. The molecule has 2 aromatic rings. The van der Waals surface area contributed by atoms with E-state index in [2.05, 4.69) is 27.6 Å². The van der Waals surface area contributed by atoms with Gasteiger partial charge in [-0.2, -0.15) is 0 Å². The Morgan fingerprint density at radius 1 is 1.19 bits per heavy atom. The van der Waals surface area contributed by atoms with Crippen molar-refractivity contribution in [1.82, 2.24) is 9.97 Å². The van der Waals surface area contributed by atoms with E-state index in [1.54, 1.807) is 0 Å². The number of hydrogen-bond acceptors (Lipinski definition) is 7. The third-order valence-corrected chi connectivity index (χ3v) is 3.22. The van der Waals surface area contributed by atoms with Crippen molar-refractivity contribution in [2.24, 2.45) is 5.84 Å². The van der Waals surface area contributed by atoms with Crippen molar-refractivity contribution in [3.05, 3.63) is 30.1 Å². The Labute approximate surface area is 122 Å². The van der Waals surface area contributed by atoms with E-state index >= 15 is 0 Å². The molecule has 7 nitrogen and oxygen atoms in total. The van der Waals surface area contributed by atoms with Crippen LogP contribution in [0.15, 0.2) is 24.5 Å². The molecule has 21 heavy (non-hydrogen) atoms.